The maximum atomic E-state index is 5.05. The van der Waals surface area contributed by atoms with Crippen LogP contribution in [0, 0.1) is 0 Å². The molecule has 0 saturated carbocycles. The van der Waals surface area contributed by atoms with Crippen LogP contribution in [0.3, 0.4) is 0 Å². The van der Waals surface area contributed by atoms with Crippen LogP contribution in [0.2, 0.25) is 0 Å². The van der Waals surface area contributed by atoms with Crippen LogP contribution < -0.4 is 10.1 Å². The van der Waals surface area contributed by atoms with Gasteiger partial charge < -0.3 is 10.1 Å². The van der Waals surface area contributed by atoms with Crippen LogP contribution in [0.1, 0.15) is 20.8 Å². The van der Waals surface area contributed by atoms with E-state index in [9.17, 15) is 0 Å². The molecule has 0 atom stereocenters. The second-order valence-corrected chi connectivity index (χ2v) is 4.81. The average molecular weight is 232 g/mol. The normalized spacial score (nSPS) is 11.5. The summed E-state index contributed by atoms with van der Waals surface area (Å²) in [4.78, 5) is 12.9. The maximum Gasteiger partial charge on any atom is 0.232 e. The highest BCUT2D eigenvalue weighted by Gasteiger charge is 2.13. The molecule has 0 aliphatic carbocycles. The minimum Gasteiger partial charge on any atom is -0.480 e. The van der Waals surface area contributed by atoms with Crippen molar-refractivity contribution in [3.05, 3.63) is 18.5 Å². The summed E-state index contributed by atoms with van der Waals surface area (Å²) in [5.41, 5.74) is 1.46. The molecular weight excluding hydrogens is 216 g/mol. The number of pyridine rings is 1. The third-order valence-corrected chi connectivity index (χ3v) is 2.14. The van der Waals surface area contributed by atoms with Crippen molar-refractivity contribution in [1.29, 1.82) is 0 Å². The summed E-state index contributed by atoms with van der Waals surface area (Å²) < 4.78 is 5.05. The molecule has 0 aliphatic rings. The fourth-order valence-corrected chi connectivity index (χ4v) is 1.47. The lowest BCUT2D eigenvalue weighted by molar-refractivity contribution is 0.397. The second kappa shape index (κ2) is 4.16. The Kier molecular flexibility index (Phi) is 2.83. The molecule has 1 N–H and O–H groups in total. The molecule has 0 unspecified atom stereocenters. The molecule has 5 heteroatoms. The van der Waals surface area contributed by atoms with E-state index in [1.807, 2.05) is 6.07 Å². The summed E-state index contributed by atoms with van der Waals surface area (Å²) in [6.07, 6.45) is 3.31. The quantitative estimate of drug-likeness (QED) is 0.860. The molecule has 0 saturated heterocycles. The molecule has 0 aromatic carbocycles. The Bertz CT molecular complexity index is 534. The average Bonchev–Trinajstić information content (AvgIpc) is 2.26. The molecule has 17 heavy (non-hydrogen) atoms. The van der Waals surface area contributed by atoms with Gasteiger partial charge in [0.15, 0.2) is 5.82 Å². The molecule has 2 aromatic rings. The summed E-state index contributed by atoms with van der Waals surface area (Å²) in [6, 6.07) is 1.82. The molecule has 2 aromatic heterocycles. The van der Waals surface area contributed by atoms with Crippen LogP contribution in [0.15, 0.2) is 18.5 Å². The third kappa shape index (κ3) is 2.61. The number of hydrogen-bond acceptors (Lipinski definition) is 5. The SMILES string of the molecule is COc1cnc2c(NC(C)(C)C)nccc2n1. The van der Waals surface area contributed by atoms with Gasteiger partial charge in [-0.2, -0.15) is 0 Å². The van der Waals surface area contributed by atoms with Gasteiger partial charge in [0.2, 0.25) is 5.88 Å². The Labute approximate surface area is 100 Å². The molecule has 0 fully saturated rings. The Morgan fingerprint density at radius 2 is 2.00 bits per heavy atom. The van der Waals surface area contributed by atoms with Gasteiger partial charge in [-0.1, -0.05) is 0 Å². The molecule has 90 valence electrons. The van der Waals surface area contributed by atoms with Crippen molar-refractivity contribution in [3.8, 4) is 5.88 Å². The van der Waals surface area contributed by atoms with Crippen molar-refractivity contribution in [3.63, 3.8) is 0 Å². The fourth-order valence-electron chi connectivity index (χ4n) is 1.47. The molecule has 5 nitrogen and oxygen atoms in total. The molecule has 0 spiro atoms. The van der Waals surface area contributed by atoms with Crippen LogP contribution >= 0.6 is 0 Å². The van der Waals surface area contributed by atoms with E-state index < -0.39 is 0 Å². The molecule has 0 radical (unpaired) electrons. The summed E-state index contributed by atoms with van der Waals surface area (Å²) in [5, 5.41) is 3.31. The molecule has 2 heterocycles. The third-order valence-electron chi connectivity index (χ3n) is 2.14. The highest BCUT2D eigenvalue weighted by atomic mass is 16.5. The fraction of sp³-hybridized carbons (Fsp3) is 0.417. The summed E-state index contributed by atoms with van der Waals surface area (Å²) in [5.74, 6) is 1.25. The minimum absolute atomic E-state index is 0.0666. The number of aromatic nitrogens is 3. The monoisotopic (exact) mass is 232 g/mol. The van der Waals surface area contributed by atoms with Gasteiger partial charge in [0.1, 0.15) is 5.52 Å². The van der Waals surface area contributed by atoms with Crippen molar-refractivity contribution in [2.75, 3.05) is 12.4 Å². The predicted octanol–water partition coefficient (Wildman–Crippen LogP) is 2.24. The van der Waals surface area contributed by atoms with Crippen LogP contribution in [0.5, 0.6) is 5.88 Å². The molecule has 2 rings (SSSR count). The topological polar surface area (TPSA) is 59.9 Å². The van der Waals surface area contributed by atoms with Crippen LogP contribution in [0.4, 0.5) is 5.82 Å². The van der Waals surface area contributed by atoms with Gasteiger partial charge in [0.25, 0.3) is 0 Å². The summed E-state index contributed by atoms with van der Waals surface area (Å²) in [7, 11) is 1.57. The zero-order chi connectivity index (χ0) is 12.5. The first-order chi connectivity index (χ1) is 7.99. The van der Waals surface area contributed by atoms with E-state index in [2.05, 4.69) is 41.0 Å². The molecule has 0 aliphatic heterocycles. The first-order valence-electron chi connectivity index (χ1n) is 5.43. The summed E-state index contributed by atoms with van der Waals surface area (Å²) >= 11 is 0. The second-order valence-electron chi connectivity index (χ2n) is 4.81. The van der Waals surface area contributed by atoms with E-state index in [4.69, 9.17) is 4.74 Å². The number of nitrogens with zero attached hydrogens (tertiary/aromatic N) is 3. The van der Waals surface area contributed by atoms with Crippen molar-refractivity contribution in [2.24, 2.45) is 0 Å². The first kappa shape index (κ1) is 11.6. The number of hydrogen-bond donors (Lipinski definition) is 1. The Morgan fingerprint density at radius 1 is 1.24 bits per heavy atom. The van der Waals surface area contributed by atoms with E-state index in [0.717, 1.165) is 16.9 Å². The number of ether oxygens (including phenoxy) is 1. The summed E-state index contributed by atoms with van der Waals surface area (Å²) in [6.45, 7) is 6.22. The zero-order valence-electron chi connectivity index (χ0n) is 10.5. The number of nitrogens with one attached hydrogen (secondary N) is 1. The van der Waals surface area contributed by atoms with E-state index in [0.29, 0.717) is 5.88 Å². The van der Waals surface area contributed by atoms with Gasteiger partial charge in [-0.05, 0) is 26.8 Å². The maximum absolute atomic E-state index is 5.05. The van der Waals surface area contributed by atoms with Crippen LogP contribution in [0.25, 0.3) is 11.0 Å². The molecule has 0 amide bonds. The highest BCUT2D eigenvalue weighted by molar-refractivity contribution is 5.85. The van der Waals surface area contributed by atoms with Crippen LogP contribution in [-0.2, 0) is 0 Å². The standard InChI is InChI=1S/C12H16N4O/c1-12(2,3)16-11-10-8(5-6-13-11)15-9(17-4)7-14-10/h5-7H,1-4H3,(H,13,16). The lowest BCUT2D eigenvalue weighted by Gasteiger charge is -2.21. The van der Waals surface area contributed by atoms with Crippen molar-refractivity contribution < 1.29 is 4.74 Å². The van der Waals surface area contributed by atoms with Crippen molar-refractivity contribution in [2.45, 2.75) is 26.3 Å². The van der Waals surface area contributed by atoms with Gasteiger partial charge in [-0.15, -0.1) is 0 Å². The number of methoxy groups -OCH3 is 1. The highest BCUT2D eigenvalue weighted by Crippen LogP contribution is 2.21. The number of fused-ring (bicyclic) bond motifs is 1. The van der Waals surface area contributed by atoms with E-state index >= 15 is 0 Å². The molecule has 0 bridgehead atoms. The number of rotatable bonds is 2. The Morgan fingerprint density at radius 3 is 2.65 bits per heavy atom. The largest absolute Gasteiger partial charge is 0.480 e. The van der Waals surface area contributed by atoms with Gasteiger partial charge in [-0.3, -0.25) is 0 Å². The lowest BCUT2D eigenvalue weighted by atomic mass is 10.1. The Hall–Kier alpha value is -1.91. The lowest BCUT2D eigenvalue weighted by Crippen LogP contribution is -2.26. The van der Waals surface area contributed by atoms with E-state index in [1.54, 1.807) is 19.5 Å². The Balaban J connectivity index is 2.51. The molecular formula is C12H16N4O. The van der Waals surface area contributed by atoms with Gasteiger partial charge in [0.05, 0.1) is 18.8 Å². The van der Waals surface area contributed by atoms with Crippen molar-refractivity contribution >= 4 is 16.9 Å². The minimum atomic E-state index is -0.0666. The first-order valence-corrected chi connectivity index (χ1v) is 5.43. The van der Waals surface area contributed by atoms with Crippen molar-refractivity contribution in [1.82, 2.24) is 15.0 Å². The smallest absolute Gasteiger partial charge is 0.232 e. The van der Waals surface area contributed by atoms with E-state index in [1.165, 1.54) is 0 Å². The van der Waals surface area contributed by atoms with Gasteiger partial charge in [0, 0.05) is 11.7 Å². The van der Waals surface area contributed by atoms with Gasteiger partial charge in [-0.25, -0.2) is 15.0 Å². The van der Waals surface area contributed by atoms with Crippen LogP contribution in [-0.4, -0.2) is 27.6 Å². The van der Waals surface area contributed by atoms with E-state index in [-0.39, 0.29) is 5.54 Å². The predicted molar refractivity (Wildman–Crippen MR) is 67.3 cm³/mol. The van der Waals surface area contributed by atoms with Gasteiger partial charge >= 0.3 is 0 Å². The number of anilines is 1. The zero-order valence-corrected chi connectivity index (χ0v) is 10.5.